The number of ether oxygens (including phenoxy) is 3. The Bertz CT molecular complexity index is 846. The van der Waals surface area contributed by atoms with Crippen LogP contribution in [0.5, 0.6) is 5.75 Å². The molecule has 1 aliphatic rings. The first-order valence-corrected chi connectivity index (χ1v) is 7.99. The van der Waals surface area contributed by atoms with Crippen molar-refractivity contribution in [2.24, 2.45) is 0 Å². The molecule has 134 valence electrons. The molecule has 0 radical (unpaired) electrons. The average Bonchev–Trinajstić information content (AvgIpc) is 2.58. The highest BCUT2D eigenvalue weighted by molar-refractivity contribution is 6.18. The summed E-state index contributed by atoms with van der Waals surface area (Å²) in [7, 11) is 0. The topological polar surface area (TPSA) is 61.8 Å². The maximum atomic E-state index is 13.5. The van der Waals surface area contributed by atoms with E-state index in [9.17, 15) is 14.0 Å². The molecule has 0 spiro atoms. The molecule has 0 aromatic heterocycles. The second kappa shape index (κ2) is 7.00. The molecule has 1 aliphatic heterocycles. The summed E-state index contributed by atoms with van der Waals surface area (Å²) in [4.78, 5) is 23.9. The zero-order valence-electron chi connectivity index (χ0n) is 14.3. The third-order valence-corrected chi connectivity index (χ3v) is 3.64. The second-order valence-corrected chi connectivity index (χ2v) is 6.20. The van der Waals surface area contributed by atoms with Gasteiger partial charge in [-0.2, -0.15) is 0 Å². The number of para-hydroxylation sites is 1. The third kappa shape index (κ3) is 4.08. The molecule has 0 N–H and O–H groups in total. The number of carbonyl (C=O) groups is 2. The zero-order valence-corrected chi connectivity index (χ0v) is 14.3. The molecule has 0 saturated carbocycles. The van der Waals surface area contributed by atoms with E-state index in [2.05, 4.69) is 0 Å². The van der Waals surface area contributed by atoms with E-state index in [0.29, 0.717) is 5.56 Å². The molecule has 1 heterocycles. The van der Waals surface area contributed by atoms with Crippen LogP contribution in [0.2, 0.25) is 0 Å². The van der Waals surface area contributed by atoms with Crippen LogP contribution >= 0.6 is 0 Å². The molecule has 5 nitrogen and oxygen atoms in total. The van der Waals surface area contributed by atoms with Gasteiger partial charge in [-0.15, -0.1) is 0 Å². The summed E-state index contributed by atoms with van der Waals surface area (Å²) in [6, 6.07) is 13.1. The standard InChI is InChI=1S/C20H17FO5/c1-20(2)25-18(22)15(19(23)26-20)11-13-7-9-14(10-8-13)12-24-17-6-4-3-5-16(17)21/h3-11H,12H2,1-2H3. The number of rotatable bonds is 4. The lowest BCUT2D eigenvalue weighted by molar-refractivity contribution is -0.222. The third-order valence-electron chi connectivity index (χ3n) is 3.64. The summed E-state index contributed by atoms with van der Waals surface area (Å²) in [6.45, 7) is 3.17. The molecule has 6 heteroatoms. The van der Waals surface area contributed by atoms with Crippen LogP contribution in [-0.4, -0.2) is 17.7 Å². The fraction of sp³-hybridized carbons (Fsp3) is 0.200. The smallest absolute Gasteiger partial charge is 0.348 e. The highest BCUT2D eigenvalue weighted by Gasteiger charge is 2.38. The molecule has 26 heavy (non-hydrogen) atoms. The average molecular weight is 356 g/mol. The number of hydrogen-bond donors (Lipinski definition) is 0. The monoisotopic (exact) mass is 356 g/mol. The molecule has 0 bridgehead atoms. The number of cyclic esters (lactones) is 2. The summed E-state index contributed by atoms with van der Waals surface area (Å²) < 4.78 is 29.0. The number of carbonyl (C=O) groups excluding carboxylic acids is 2. The Balaban J connectivity index is 1.69. The minimum atomic E-state index is -1.26. The van der Waals surface area contributed by atoms with Crippen molar-refractivity contribution < 1.29 is 28.2 Å². The van der Waals surface area contributed by atoms with Gasteiger partial charge in [0.1, 0.15) is 12.2 Å². The van der Waals surface area contributed by atoms with Crippen LogP contribution in [0.4, 0.5) is 4.39 Å². The Hall–Kier alpha value is -3.15. The number of hydrogen-bond acceptors (Lipinski definition) is 5. The van der Waals surface area contributed by atoms with Gasteiger partial charge in [0, 0.05) is 13.8 Å². The quantitative estimate of drug-likeness (QED) is 0.476. The van der Waals surface area contributed by atoms with Gasteiger partial charge in [0.2, 0.25) is 0 Å². The van der Waals surface area contributed by atoms with Gasteiger partial charge >= 0.3 is 11.9 Å². The highest BCUT2D eigenvalue weighted by Crippen LogP contribution is 2.24. The summed E-state index contributed by atoms with van der Waals surface area (Å²) in [6.07, 6.45) is 1.40. The lowest BCUT2D eigenvalue weighted by atomic mass is 10.1. The number of benzene rings is 2. The number of esters is 2. The van der Waals surface area contributed by atoms with Crippen LogP contribution in [0.3, 0.4) is 0 Å². The molecule has 0 unspecified atom stereocenters. The minimum Gasteiger partial charge on any atom is -0.486 e. The van der Waals surface area contributed by atoms with E-state index < -0.39 is 23.5 Å². The fourth-order valence-corrected chi connectivity index (χ4v) is 2.38. The Morgan fingerprint density at radius 3 is 2.23 bits per heavy atom. The fourth-order valence-electron chi connectivity index (χ4n) is 2.38. The van der Waals surface area contributed by atoms with Gasteiger partial charge in [-0.3, -0.25) is 0 Å². The van der Waals surface area contributed by atoms with Crippen LogP contribution in [0, 0.1) is 5.82 Å². The van der Waals surface area contributed by atoms with Crippen molar-refractivity contribution in [1.82, 2.24) is 0 Å². The number of halogens is 1. The van der Waals surface area contributed by atoms with Gasteiger partial charge in [0.05, 0.1) is 0 Å². The van der Waals surface area contributed by atoms with Crippen LogP contribution in [0.1, 0.15) is 25.0 Å². The molecule has 0 aliphatic carbocycles. The van der Waals surface area contributed by atoms with Crippen molar-refractivity contribution in [3.63, 3.8) is 0 Å². The van der Waals surface area contributed by atoms with Crippen molar-refractivity contribution in [1.29, 1.82) is 0 Å². The first-order chi connectivity index (χ1) is 12.3. The first kappa shape index (κ1) is 17.7. The van der Waals surface area contributed by atoms with E-state index in [0.717, 1.165) is 5.56 Å². The largest absolute Gasteiger partial charge is 0.486 e. The SMILES string of the molecule is CC1(C)OC(=O)C(=Cc2ccc(COc3ccccc3F)cc2)C(=O)O1. The van der Waals surface area contributed by atoms with Gasteiger partial charge in [-0.25, -0.2) is 14.0 Å². The van der Waals surface area contributed by atoms with Crippen molar-refractivity contribution in [3.05, 3.63) is 71.0 Å². The molecular formula is C20H17FO5. The van der Waals surface area contributed by atoms with E-state index in [4.69, 9.17) is 14.2 Å². The van der Waals surface area contributed by atoms with Crippen molar-refractivity contribution in [3.8, 4) is 5.75 Å². The maximum absolute atomic E-state index is 13.5. The van der Waals surface area contributed by atoms with E-state index >= 15 is 0 Å². The van der Waals surface area contributed by atoms with Crippen LogP contribution in [-0.2, 0) is 25.7 Å². The maximum Gasteiger partial charge on any atom is 0.348 e. The van der Waals surface area contributed by atoms with Crippen molar-refractivity contribution >= 4 is 18.0 Å². The predicted molar refractivity (Wildman–Crippen MR) is 91.4 cm³/mol. The van der Waals surface area contributed by atoms with Gasteiger partial charge in [-0.1, -0.05) is 36.4 Å². The molecule has 1 saturated heterocycles. The van der Waals surface area contributed by atoms with Crippen LogP contribution in [0.25, 0.3) is 6.08 Å². The summed E-state index contributed by atoms with van der Waals surface area (Å²) in [5.74, 6) is -2.96. The van der Waals surface area contributed by atoms with Gasteiger partial charge in [0.15, 0.2) is 11.6 Å². The zero-order chi connectivity index (χ0) is 18.7. The predicted octanol–water partition coefficient (Wildman–Crippen LogP) is 3.62. The molecule has 0 amide bonds. The van der Waals surface area contributed by atoms with Crippen LogP contribution in [0.15, 0.2) is 54.1 Å². The highest BCUT2D eigenvalue weighted by atomic mass is 19.1. The normalized spacial score (nSPS) is 15.9. The Labute approximate surface area is 150 Å². The molecular weight excluding hydrogens is 339 g/mol. The summed E-state index contributed by atoms with van der Waals surface area (Å²) in [5.41, 5.74) is 1.27. The Morgan fingerprint density at radius 1 is 1.00 bits per heavy atom. The van der Waals surface area contributed by atoms with Gasteiger partial charge in [0.25, 0.3) is 5.79 Å². The van der Waals surface area contributed by atoms with Crippen molar-refractivity contribution in [2.45, 2.75) is 26.2 Å². The van der Waals surface area contributed by atoms with Crippen molar-refractivity contribution in [2.75, 3.05) is 0 Å². The van der Waals surface area contributed by atoms with E-state index in [-0.39, 0.29) is 17.9 Å². The van der Waals surface area contributed by atoms with Gasteiger partial charge < -0.3 is 14.2 Å². The Morgan fingerprint density at radius 2 is 1.62 bits per heavy atom. The molecule has 1 fully saturated rings. The summed E-state index contributed by atoms with van der Waals surface area (Å²) >= 11 is 0. The Kier molecular flexibility index (Phi) is 4.75. The van der Waals surface area contributed by atoms with E-state index in [1.807, 2.05) is 0 Å². The molecule has 3 rings (SSSR count). The first-order valence-electron chi connectivity index (χ1n) is 7.99. The molecule has 0 atom stereocenters. The summed E-state index contributed by atoms with van der Waals surface area (Å²) in [5, 5.41) is 0. The lowest BCUT2D eigenvalue weighted by Gasteiger charge is -2.29. The van der Waals surface area contributed by atoms with Crippen LogP contribution < -0.4 is 4.74 Å². The second-order valence-electron chi connectivity index (χ2n) is 6.20. The van der Waals surface area contributed by atoms with E-state index in [1.54, 1.807) is 42.5 Å². The molecule has 2 aromatic carbocycles. The lowest BCUT2D eigenvalue weighted by Crippen LogP contribution is -2.41. The van der Waals surface area contributed by atoms with E-state index in [1.165, 1.54) is 26.0 Å². The van der Waals surface area contributed by atoms with Gasteiger partial charge in [-0.05, 0) is 29.3 Å². The molecule has 2 aromatic rings. The minimum absolute atomic E-state index is 0.167.